The molecule has 1 saturated carbocycles. The van der Waals surface area contributed by atoms with Crippen LogP contribution in [0, 0.1) is 18.8 Å². The molecule has 3 unspecified atom stereocenters. The zero-order chi connectivity index (χ0) is 11.5. The molecule has 2 nitrogen and oxygen atoms in total. The summed E-state index contributed by atoms with van der Waals surface area (Å²) >= 11 is 0. The molecule has 3 atom stereocenters. The molecule has 1 aliphatic rings. The van der Waals surface area contributed by atoms with Crippen molar-refractivity contribution < 1.29 is 9.52 Å². The van der Waals surface area contributed by atoms with Gasteiger partial charge in [0.15, 0.2) is 0 Å². The van der Waals surface area contributed by atoms with Crippen LogP contribution in [0.1, 0.15) is 56.5 Å². The molecule has 0 radical (unpaired) electrons. The first-order valence-electron chi connectivity index (χ1n) is 6.46. The van der Waals surface area contributed by atoms with Crippen molar-refractivity contribution in [2.45, 2.75) is 52.1 Å². The lowest BCUT2D eigenvalue weighted by atomic mass is 9.73. The van der Waals surface area contributed by atoms with Crippen LogP contribution in [0.2, 0.25) is 0 Å². The molecule has 16 heavy (non-hydrogen) atoms. The minimum atomic E-state index is -0.330. The van der Waals surface area contributed by atoms with Gasteiger partial charge in [-0.1, -0.05) is 32.6 Å². The van der Waals surface area contributed by atoms with E-state index >= 15 is 0 Å². The average Bonchev–Trinajstić information content (AvgIpc) is 2.74. The van der Waals surface area contributed by atoms with Gasteiger partial charge in [-0.3, -0.25) is 0 Å². The number of aryl methyl sites for hydroxylation is 1. The van der Waals surface area contributed by atoms with E-state index in [0.29, 0.717) is 11.8 Å². The van der Waals surface area contributed by atoms with E-state index < -0.39 is 0 Å². The van der Waals surface area contributed by atoms with Crippen molar-refractivity contribution in [1.82, 2.24) is 0 Å². The molecule has 0 amide bonds. The van der Waals surface area contributed by atoms with Crippen molar-refractivity contribution in [3.8, 4) is 0 Å². The molecule has 0 spiro atoms. The lowest BCUT2D eigenvalue weighted by molar-refractivity contribution is 0.0442. The van der Waals surface area contributed by atoms with Crippen LogP contribution in [-0.2, 0) is 0 Å². The summed E-state index contributed by atoms with van der Waals surface area (Å²) in [5, 5.41) is 10.5. The van der Waals surface area contributed by atoms with Gasteiger partial charge < -0.3 is 9.52 Å². The quantitative estimate of drug-likeness (QED) is 0.843. The Morgan fingerprint density at radius 1 is 1.44 bits per heavy atom. The summed E-state index contributed by atoms with van der Waals surface area (Å²) < 4.78 is 5.29. The van der Waals surface area contributed by atoms with Crippen LogP contribution in [0.5, 0.6) is 0 Å². The van der Waals surface area contributed by atoms with Gasteiger partial charge in [0.1, 0.15) is 5.76 Å². The first-order chi connectivity index (χ1) is 7.74. The predicted octanol–water partition coefficient (Wildman–Crippen LogP) is 3.84. The third-order valence-electron chi connectivity index (χ3n) is 4.12. The number of aliphatic hydroxyl groups excluding tert-OH is 1. The highest BCUT2D eigenvalue weighted by Gasteiger charge is 2.31. The average molecular weight is 222 g/mol. The minimum Gasteiger partial charge on any atom is -0.469 e. The Morgan fingerprint density at radius 2 is 2.19 bits per heavy atom. The molecule has 1 aliphatic carbocycles. The summed E-state index contributed by atoms with van der Waals surface area (Å²) in [6, 6.07) is 1.92. The summed E-state index contributed by atoms with van der Waals surface area (Å²) in [5.74, 6) is 1.97. The third kappa shape index (κ3) is 2.17. The Kier molecular flexibility index (Phi) is 3.70. The van der Waals surface area contributed by atoms with E-state index in [2.05, 4.69) is 6.92 Å². The summed E-state index contributed by atoms with van der Waals surface area (Å²) in [6.07, 6.45) is 7.54. The maximum atomic E-state index is 10.5. The van der Waals surface area contributed by atoms with Gasteiger partial charge in [-0.05, 0) is 31.2 Å². The van der Waals surface area contributed by atoms with E-state index in [1.807, 2.05) is 13.0 Å². The second kappa shape index (κ2) is 5.05. The van der Waals surface area contributed by atoms with Crippen LogP contribution in [0.25, 0.3) is 0 Å². The molecule has 0 aromatic carbocycles. The monoisotopic (exact) mass is 222 g/mol. The largest absolute Gasteiger partial charge is 0.469 e. The Morgan fingerprint density at radius 3 is 2.81 bits per heavy atom. The summed E-state index contributed by atoms with van der Waals surface area (Å²) in [5.41, 5.74) is 0.991. The van der Waals surface area contributed by atoms with E-state index in [1.165, 1.54) is 25.7 Å². The van der Waals surface area contributed by atoms with Crippen molar-refractivity contribution in [1.29, 1.82) is 0 Å². The molecular weight excluding hydrogens is 200 g/mol. The Labute approximate surface area is 97.7 Å². The van der Waals surface area contributed by atoms with E-state index in [9.17, 15) is 5.11 Å². The number of furan rings is 1. The number of rotatable bonds is 3. The van der Waals surface area contributed by atoms with Crippen LogP contribution in [0.3, 0.4) is 0 Å². The van der Waals surface area contributed by atoms with Gasteiger partial charge in [-0.2, -0.15) is 0 Å². The van der Waals surface area contributed by atoms with E-state index in [-0.39, 0.29) is 6.10 Å². The number of aliphatic hydroxyl groups is 1. The van der Waals surface area contributed by atoms with Gasteiger partial charge in [-0.25, -0.2) is 0 Å². The third-order valence-corrected chi connectivity index (χ3v) is 4.12. The molecule has 0 bridgehead atoms. The van der Waals surface area contributed by atoms with Gasteiger partial charge in [0.2, 0.25) is 0 Å². The van der Waals surface area contributed by atoms with Crippen LogP contribution < -0.4 is 0 Å². The fourth-order valence-corrected chi connectivity index (χ4v) is 3.09. The Balaban J connectivity index is 2.13. The molecule has 2 heteroatoms. The van der Waals surface area contributed by atoms with Crippen LogP contribution in [0.4, 0.5) is 0 Å². The molecule has 90 valence electrons. The normalized spacial score (nSPS) is 27.9. The van der Waals surface area contributed by atoms with Crippen LogP contribution in [0.15, 0.2) is 16.7 Å². The lowest BCUT2D eigenvalue weighted by Crippen LogP contribution is -2.25. The highest BCUT2D eigenvalue weighted by Crippen LogP contribution is 2.41. The van der Waals surface area contributed by atoms with Crippen molar-refractivity contribution in [2.24, 2.45) is 11.8 Å². The number of hydrogen-bond acceptors (Lipinski definition) is 2. The van der Waals surface area contributed by atoms with E-state index in [4.69, 9.17) is 4.42 Å². The zero-order valence-electron chi connectivity index (χ0n) is 10.3. The highest BCUT2D eigenvalue weighted by molar-refractivity contribution is 5.19. The number of hydrogen-bond donors (Lipinski definition) is 1. The standard InChI is InChI=1S/C14H22O2/c1-3-11-6-4-5-7-13(11)14(15)12-8-9-16-10(12)2/h8-9,11,13-15H,3-7H2,1-2H3. The maximum Gasteiger partial charge on any atom is 0.106 e. The van der Waals surface area contributed by atoms with E-state index in [1.54, 1.807) is 6.26 Å². The fraction of sp³-hybridized carbons (Fsp3) is 0.714. The Bertz CT molecular complexity index is 329. The zero-order valence-corrected chi connectivity index (χ0v) is 10.3. The topological polar surface area (TPSA) is 33.4 Å². The molecule has 0 aliphatic heterocycles. The SMILES string of the molecule is CCC1CCCCC1C(O)c1ccoc1C. The van der Waals surface area contributed by atoms with Gasteiger partial charge in [0, 0.05) is 5.56 Å². The van der Waals surface area contributed by atoms with Crippen LogP contribution in [-0.4, -0.2) is 5.11 Å². The fourth-order valence-electron chi connectivity index (χ4n) is 3.09. The van der Waals surface area contributed by atoms with Crippen LogP contribution >= 0.6 is 0 Å². The maximum absolute atomic E-state index is 10.5. The summed E-state index contributed by atoms with van der Waals surface area (Å²) in [4.78, 5) is 0. The molecule has 1 aromatic rings. The van der Waals surface area contributed by atoms with Gasteiger partial charge in [0.25, 0.3) is 0 Å². The first-order valence-corrected chi connectivity index (χ1v) is 6.46. The molecular formula is C14H22O2. The smallest absolute Gasteiger partial charge is 0.106 e. The second-order valence-electron chi connectivity index (χ2n) is 4.99. The first kappa shape index (κ1) is 11.7. The second-order valence-corrected chi connectivity index (χ2v) is 4.99. The van der Waals surface area contributed by atoms with Crippen molar-refractivity contribution in [3.05, 3.63) is 23.7 Å². The predicted molar refractivity (Wildman–Crippen MR) is 64.1 cm³/mol. The van der Waals surface area contributed by atoms with Crippen molar-refractivity contribution in [3.63, 3.8) is 0 Å². The Hall–Kier alpha value is -0.760. The summed E-state index contributed by atoms with van der Waals surface area (Å²) in [7, 11) is 0. The highest BCUT2D eigenvalue weighted by atomic mass is 16.3. The van der Waals surface area contributed by atoms with Gasteiger partial charge >= 0.3 is 0 Å². The molecule has 2 rings (SSSR count). The van der Waals surface area contributed by atoms with Gasteiger partial charge in [-0.15, -0.1) is 0 Å². The molecule has 1 heterocycles. The summed E-state index contributed by atoms with van der Waals surface area (Å²) in [6.45, 7) is 4.17. The van der Waals surface area contributed by atoms with Crippen molar-refractivity contribution >= 4 is 0 Å². The minimum absolute atomic E-state index is 0.330. The molecule has 1 fully saturated rings. The lowest BCUT2D eigenvalue weighted by Gasteiger charge is -2.34. The molecule has 0 saturated heterocycles. The van der Waals surface area contributed by atoms with Gasteiger partial charge in [0.05, 0.1) is 12.4 Å². The van der Waals surface area contributed by atoms with Crippen molar-refractivity contribution in [2.75, 3.05) is 0 Å². The molecule has 1 aromatic heterocycles. The molecule has 1 N–H and O–H groups in total. The van der Waals surface area contributed by atoms with E-state index in [0.717, 1.165) is 17.7 Å².